The molecule has 0 spiro atoms. The fraction of sp³-hybridized carbons (Fsp3) is 0.579. The van der Waals surface area contributed by atoms with Gasteiger partial charge in [-0.05, 0) is 30.5 Å². The third-order valence-electron chi connectivity index (χ3n) is 5.34. The molecule has 1 aromatic carbocycles. The second-order valence-corrected chi connectivity index (χ2v) is 6.85. The van der Waals surface area contributed by atoms with Crippen LogP contribution in [0.3, 0.4) is 0 Å². The van der Waals surface area contributed by atoms with Gasteiger partial charge in [0, 0.05) is 39.0 Å². The summed E-state index contributed by atoms with van der Waals surface area (Å²) in [5, 5.41) is 3.19. The quantitative estimate of drug-likeness (QED) is 0.916. The van der Waals surface area contributed by atoms with Crippen LogP contribution in [-0.2, 0) is 22.6 Å². The first-order valence-corrected chi connectivity index (χ1v) is 8.95. The SMILES string of the molecule is CCN1CCC(NC(=O)[C@@H]2Cc3ccccc3CN2C(C)=O)CC1. The van der Waals surface area contributed by atoms with Crippen molar-refractivity contribution in [3.63, 3.8) is 0 Å². The van der Waals surface area contributed by atoms with Gasteiger partial charge in [0.1, 0.15) is 6.04 Å². The van der Waals surface area contributed by atoms with Crippen molar-refractivity contribution >= 4 is 11.8 Å². The maximum atomic E-state index is 12.8. The predicted molar refractivity (Wildman–Crippen MR) is 93.4 cm³/mol. The summed E-state index contributed by atoms with van der Waals surface area (Å²) in [6, 6.07) is 7.93. The molecule has 3 rings (SSSR count). The number of likely N-dealkylation sites (tertiary alicyclic amines) is 1. The minimum atomic E-state index is -0.387. The van der Waals surface area contributed by atoms with Crippen molar-refractivity contribution in [1.82, 2.24) is 15.1 Å². The van der Waals surface area contributed by atoms with Gasteiger partial charge in [-0.3, -0.25) is 9.59 Å². The lowest BCUT2D eigenvalue weighted by Gasteiger charge is -2.37. The Hall–Kier alpha value is -1.88. The van der Waals surface area contributed by atoms with E-state index >= 15 is 0 Å². The third kappa shape index (κ3) is 3.61. The van der Waals surface area contributed by atoms with Crippen LogP contribution in [0.1, 0.15) is 37.8 Å². The van der Waals surface area contributed by atoms with Crippen molar-refractivity contribution in [2.24, 2.45) is 0 Å². The third-order valence-corrected chi connectivity index (χ3v) is 5.34. The summed E-state index contributed by atoms with van der Waals surface area (Å²) in [5.41, 5.74) is 2.32. The predicted octanol–water partition coefficient (Wildman–Crippen LogP) is 1.56. The molecule has 1 aromatic rings. The molecule has 5 heteroatoms. The van der Waals surface area contributed by atoms with Crippen LogP contribution in [0.25, 0.3) is 0 Å². The molecule has 0 radical (unpaired) electrons. The fourth-order valence-electron chi connectivity index (χ4n) is 3.78. The number of nitrogens with one attached hydrogen (secondary N) is 1. The van der Waals surface area contributed by atoms with Crippen LogP contribution in [0.15, 0.2) is 24.3 Å². The van der Waals surface area contributed by atoms with E-state index in [9.17, 15) is 9.59 Å². The Balaban J connectivity index is 1.67. The topological polar surface area (TPSA) is 52.7 Å². The van der Waals surface area contributed by atoms with Crippen LogP contribution in [0.4, 0.5) is 0 Å². The normalized spacial score (nSPS) is 22.1. The summed E-state index contributed by atoms with van der Waals surface area (Å²) in [7, 11) is 0. The lowest BCUT2D eigenvalue weighted by Crippen LogP contribution is -2.55. The molecule has 2 heterocycles. The Morgan fingerprint density at radius 3 is 2.46 bits per heavy atom. The van der Waals surface area contributed by atoms with Gasteiger partial charge in [0.15, 0.2) is 0 Å². The molecule has 130 valence electrons. The Labute approximate surface area is 144 Å². The number of carbonyl (C=O) groups is 2. The number of carbonyl (C=O) groups excluding carboxylic acids is 2. The van der Waals surface area contributed by atoms with Crippen LogP contribution >= 0.6 is 0 Å². The molecule has 1 atom stereocenters. The zero-order valence-electron chi connectivity index (χ0n) is 14.6. The van der Waals surface area contributed by atoms with Gasteiger partial charge in [0.2, 0.25) is 11.8 Å². The summed E-state index contributed by atoms with van der Waals surface area (Å²) in [6.07, 6.45) is 2.58. The van der Waals surface area contributed by atoms with Gasteiger partial charge in [0.25, 0.3) is 0 Å². The van der Waals surface area contributed by atoms with Gasteiger partial charge in [-0.2, -0.15) is 0 Å². The molecule has 1 fully saturated rings. The molecule has 2 aliphatic rings. The smallest absolute Gasteiger partial charge is 0.243 e. The second-order valence-electron chi connectivity index (χ2n) is 6.85. The van der Waals surface area contributed by atoms with Crippen LogP contribution in [0.2, 0.25) is 0 Å². The monoisotopic (exact) mass is 329 g/mol. The number of rotatable bonds is 3. The highest BCUT2D eigenvalue weighted by atomic mass is 16.2. The van der Waals surface area contributed by atoms with Gasteiger partial charge in [-0.1, -0.05) is 31.2 Å². The Bertz CT molecular complexity index is 608. The molecule has 0 unspecified atom stereocenters. The largest absolute Gasteiger partial charge is 0.351 e. The minimum Gasteiger partial charge on any atom is -0.351 e. The maximum Gasteiger partial charge on any atom is 0.243 e. The van der Waals surface area contributed by atoms with E-state index in [4.69, 9.17) is 0 Å². The van der Waals surface area contributed by atoms with Crippen molar-refractivity contribution in [3.8, 4) is 0 Å². The van der Waals surface area contributed by atoms with E-state index in [-0.39, 0.29) is 23.9 Å². The zero-order valence-corrected chi connectivity index (χ0v) is 14.6. The average Bonchev–Trinajstić information content (AvgIpc) is 2.61. The standard InChI is InChI=1S/C19H27N3O2/c1-3-21-10-8-17(9-11-21)20-19(24)18-12-15-6-4-5-7-16(15)13-22(18)14(2)23/h4-7,17-18H,3,8-13H2,1-2H3,(H,20,24)/t18-/m0/s1. The Morgan fingerprint density at radius 2 is 1.83 bits per heavy atom. The summed E-state index contributed by atoms with van der Waals surface area (Å²) < 4.78 is 0. The van der Waals surface area contributed by atoms with Gasteiger partial charge in [-0.15, -0.1) is 0 Å². The van der Waals surface area contributed by atoms with Crippen LogP contribution in [0, 0.1) is 0 Å². The van der Waals surface area contributed by atoms with E-state index in [0.29, 0.717) is 13.0 Å². The molecular weight excluding hydrogens is 302 g/mol. The number of nitrogens with zero attached hydrogens (tertiary/aromatic N) is 2. The molecule has 0 saturated carbocycles. The van der Waals surface area contributed by atoms with Gasteiger partial charge >= 0.3 is 0 Å². The molecule has 0 aliphatic carbocycles. The first kappa shape index (κ1) is 17.0. The van der Waals surface area contributed by atoms with Crippen LogP contribution in [-0.4, -0.2) is 53.3 Å². The van der Waals surface area contributed by atoms with E-state index in [1.165, 1.54) is 5.56 Å². The summed E-state index contributed by atoms with van der Waals surface area (Å²) >= 11 is 0. The van der Waals surface area contributed by atoms with Crippen molar-refractivity contribution in [1.29, 1.82) is 0 Å². The number of hydrogen-bond acceptors (Lipinski definition) is 3. The van der Waals surface area contributed by atoms with Gasteiger partial charge < -0.3 is 15.1 Å². The Morgan fingerprint density at radius 1 is 1.17 bits per heavy atom. The molecule has 24 heavy (non-hydrogen) atoms. The number of amides is 2. The fourth-order valence-corrected chi connectivity index (χ4v) is 3.78. The average molecular weight is 329 g/mol. The number of piperidine rings is 1. The van der Waals surface area contributed by atoms with Crippen LogP contribution < -0.4 is 5.32 Å². The van der Waals surface area contributed by atoms with Crippen molar-refractivity contribution in [2.45, 2.75) is 51.7 Å². The number of benzene rings is 1. The van der Waals surface area contributed by atoms with E-state index in [2.05, 4.69) is 23.2 Å². The van der Waals surface area contributed by atoms with Gasteiger partial charge in [0.05, 0.1) is 0 Å². The molecular formula is C19H27N3O2. The van der Waals surface area contributed by atoms with E-state index in [1.54, 1.807) is 11.8 Å². The van der Waals surface area contributed by atoms with Gasteiger partial charge in [-0.25, -0.2) is 0 Å². The highest BCUT2D eigenvalue weighted by Crippen LogP contribution is 2.24. The molecule has 1 saturated heterocycles. The lowest BCUT2D eigenvalue weighted by molar-refractivity contribution is -0.140. The van der Waals surface area contributed by atoms with E-state index in [0.717, 1.165) is 38.0 Å². The van der Waals surface area contributed by atoms with Crippen molar-refractivity contribution in [2.75, 3.05) is 19.6 Å². The summed E-state index contributed by atoms with van der Waals surface area (Å²) in [6.45, 7) is 7.38. The second kappa shape index (κ2) is 7.34. The van der Waals surface area contributed by atoms with Crippen molar-refractivity contribution < 1.29 is 9.59 Å². The van der Waals surface area contributed by atoms with Crippen LogP contribution in [0.5, 0.6) is 0 Å². The first-order chi connectivity index (χ1) is 11.6. The maximum absolute atomic E-state index is 12.8. The zero-order chi connectivity index (χ0) is 17.1. The van der Waals surface area contributed by atoms with Crippen molar-refractivity contribution in [3.05, 3.63) is 35.4 Å². The highest BCUT2D eigenvalue weighted by molar-refractivity contribution is 5.88. The first-order valence-electron chi connectivity index (χ1n) is 8.95. The molecule has 0 bridgehead atoms. The van der Waals surface area contributed by atoms with E-state index in [1.807, 2.05) is 18.2 Å². The molecule has 2 aliphatic heterocycles. The van der Waals surface area contributed by atoms with E-state index < -0.39 is 0 Å². The summed E-state index contributed by atoms with van der Waals surface area (Å²) in [5.74, 6) is -0.0416. The lowest BCUT2D eigenvalue weighted by atomic mass is 9.93. The number of hydrogen-bond donors (Lipinski definition) is 1. The minimum absolute atomic E-state index is 0.00495. The Kier molecular flexibility index (Phi) is 5.19. The molecule has 1 N–H and O–H groups in total. The summed E-state index contributed by atoms with van der Waals surface area (Å²) in [4.78, 5) is 29.0. The molecule has 0 aromatic heterocycles. The number of fused-ring (bicyclic) bond motifs is 1. The molecule has 5 nitrogen and oxygen atoms in total. The molecule has 2 amide bonds. The highest BCUT2D eigenvalue weighted by Gasteiger charge is 2.34.